The molecule has 12 nitrogen and oxygen atoms in total. The summed E-state index contributed by atoms with van der Waals surface area (Å²) in [6.45, 7) is 10.9. The maximum absolute atomic E-state index is 14.0. The number of hydrogen-bond acceptors (Lipinski definition) is 11. The third kappa shape index (κ3) is 19.0. The SMILES string of the molecule is CC[C@@H](Br)[C@@H](C)[C@H](F)C=NOC.CC[C@@H](OS(=O)(=O)c1ccc([N+](=O)[O-])cc1)[C@@H](C)[C@H](F)C=NOC.CC[C@H](Br)[C@@H](C)[C@H](F)C=NOC. The average Bonchev–Trinajstić information content (AvgIpc) is 3.09. The van der Waals surface area contributed by atoms with E-state index in [2.05, 4.69) is 61.8 Å². The van der Waals surface area contributed by atoms with E-state index < -0.39 is 45.6 Å². The van der Waals surface area contributed by atoms with Crippen molar-refractivity contribution in [3.63, 3.8) is 0 Å². The number of halogens is 5. The molecular weight excluding hydrogens is 793 g/mol. The summed E-state index contributed by atoms with van der Waals surface area (Å²) in [5, 5.41) is 20.7. The molecule has 0 heterocycles. The predicted octanol–water partition coefficient (Wildman–Crippen LogP) is 8.22. The molecule has 48 heavy (non-hydrogen) atoms. The molecule has 0 amide bonds. The van der Waals surface area contributed by atoms with Crippen LogP contribution in [0.15, 0.2) is 44.6 Å². The number of benzene rings is 1. The molecule has 0 saturated heterocycles. The molecule has 278 valence electrons. The van der Waals surface area contributed by atoms with Gasteiger partial charge in [0, 0.05) is 39.5 Å². The van der Waals surface area contributed by atoms with Gasteiger partial charge < -0.3 is 14.5 Å². The molecule has 0 aliphatic carbocycles. The summed E-state index contributed by atoms with van der Waals surface area (Å²) in [5.41, 5.74) is -0.242. The zero-order chi connectivity index (χ0) is 37.4. The molecule has 0 radical (unpaired) electrons. The first kappa shape index (κ1) is 47.8. The van der Waals surface area contributed by atoms with Crippen LogP contribution in [0.1, 0.15) is 60.8 Å². The molecule has 1 aromatic carbocycles. The van der Waals surface area contributed by atoms with E-state index in [0.717, 1.165) is 43.3 Å². The molecule has 0 fully saturated rings. The molecule has 0 saturated carbocycles. The highest BCUT2D eigenvalue weighted by Gasteiger charge is 2.30. The summed E-state index contributed by atoms with van der Waals surface area (Å²) in [6, 6.07) is 4.27. The van der Waals surface area contributed by atoms with Crippen LogP contribution in [0, 0.1) is 27.9 Å². The molecule has 0 aliphatic rings. The summed E-state index contributed by atoms with van der Waals surface area (Å²) in [5.74, 6) is -0.940. The maximum Gasteiger partial charge on any atom is 0.297 e. The summed E-state index contributed by atoms with van der Waals surface area (Å²) in [7, 11) is -0.109. The first-order chi connectivity index (χ1) is 22.5. The maximum atomic E-state index is 14.0. The largest absolute Gasteiger partial charge is 0.399 e. The van der Waals surface area contributed by atoms with Crippen LogP contribution >= 0.6 is 31.9 Å². The quantitative estimate of drug-likeness (QED) is 0.0445. The van der Waals surface area contributed by atoms with Crippen LogP contribution in [0.2, 0.25) is 0 Å². The van der Waals surface area contributed by atoms with Crippen molar-refractivity contribution in [3.8, 4) is 0 Å². The Bertz CT molecular complexity index is 1170. The molecule has 0 unspecified atom stereocenters. The van der Waals surface area contributed by atoms with E-state index in [-0.39, 0.29) is 38.5 Å². The van der Waals surface area contributed by atoms with Crippen LogP contribution < -0.4 is 0 Å². The topological polar surface area (TPSA) is 151 Å². The molecule has 0 N–H and O–H groups in total. The number of nitro groups is 1. The predicted molar refractivity (Wildman–Crippen MR) is 190 cm³/mol. The van der Waals surface area contributed by atoms with Crippen LogP contribution in [0.5, 0.6) is 0 Å². The van der Waals surface area contributed by atoms with E-state index in [0.29, 0.717) is 0 Å². The van der Waals surface area contributed by atoms with Gasteiger partial charge >= 0.3 is 0 Å². The second-order valence-electron chi connectivity index (χ2n) is 10.3. The van der Waals surface area contributed by atoms with Crippen molar-refractivity contribution < 1.29 is 45.2 Å². The second kappa shape index (κ2) is 26.5. The smallest absolute Gasteiger partial charge is 0.297 e. The third-order valence-electron chi connectivity index (χ3n) is 6.93. The van der Waals surface area contributed by atoms with Gasteiger partial charge in [-0.25, -0.2) is 13.2 Å². The monoisotopic (exact) mass is 840 g/mol. The summed E-state index contributed by atoms with van der Waals surface area (Å²) in [6.07, 6.45) is 0.784. The molecular formula is C30H49Br2F3N4O8S. The lowest BCUT2D eigenvalue weighted by Crippen LogP contribution is -2.31. The molecule has 0 bridgehead atoms. The lowest BCUT2D eigenvalue weighted by Gasteiger charge is -2.23. The van der Waals surface area contributed by atoms with E-state index in [1.807, 2.05) is 27.7 Å². The van der Waals surface area contributed by atoms with E-state index >= 15 is 0 Å². The van der Waals surface area contributed by atoms with Crippen molar-refractivity contribution in [2.45, 2.75) is 100.0 Å². The van der Waals surface area contributed by atoms with Crippen LogP contribution in [0.25, 0.3) is 0 Å². The number of oxime groups is 3. The highest BCUT2D eigenvalue weighted by Crippen LogP contribution is 2.25. The van der Waals surface area contributed by atoms with E-state index in [4.69, 9.17) is 4.18 Å². The summed E-state index contributed by atoms with van der Waals surface area (Å²) >= 11 is 6.78. The average molecular weight is 843 g/mol. The molecule has 9 atom stereocenters. The molecule has 1 rings (SSSR count). The van der Waals surface area contributed by atoms with Gasteiger partial charge in [-0.2, -0.15) is 8.42 Å². The molecule has 1 aromatic rings. The highest BCUT2D eigenvalue weighted by molar-refractivity contribution is 9.09. The summed E-state index contributed by atoms with van der Waals surface area (Å²) < 4.78 is 69.9. The Morgan fingerprint density at radius 3 is 1.40 bits per heavy atom. The molecule has 0 spiro atoms. The van der Waals surface area contributed by atoms with Gasteiger partial charge in [-0.05, 0) is 31.4 Å². The number of nitro benzene ring substituents is 1. The van der Waals surface area contributed by atoms with Gasteiger partial charge in [0.1, 0.15) is 39.8 Å². The first-order valence-corrected chi connectivity index (χ1v) is 18.3. The van der Waals surface area contributed by atoms with Crippen molar-refractivity contribution in [2.75, 3.05) is 21.3 Å². The Morgan fingerprint density at radius 2 is 1.10 bits per heavy atom. The lowest BCUT2D eigenvalue weighted by atomic mass is 9.98. The Balaban J connectivity index is 0. The highest BCUT2D eigenvalue weighted by atomic mass is 79.9. The Kier molecular flexibility index (Phi) is 26.4. The van der Waals surface area contributed by atoms with E-state index in [9.17, 15) is 31.7 Å². The van der Waals surface area contributed by atoms with Crippen molar-refractivity contribution in [1.29, 1.82) is 0 Å². The minimum Gasteiger partial charge on any atom is -0.399 e. The van der Waals surface area contributed by atoms with Crippen LogP contribution in [-0.4, -0.2) is 87.6 Å². The van der Waals surface area contributed by atoms with Crippen molar-refractivity contribution in [3.05, 3.63) is 34.4 Å². The van der Waals surface area contributed by atoms with Crippen LogP contribution in [-0.2, 0) is 28.8 Å². The summed E-state index contributed by atoms with van der Waals surface area (Å²) in [4.78, 5) is 23.3. The van der Waals surface area contributed by atoms with Crippen molar-refractivity contribution in [2.24, 2.45) is 33.2 Å². The molecule has 0 aliphatic heterocycles. The number of non-ortho nitro benzene ring substituents is 1. The molecule has 0 aromatic heterocycles. The normalized spacial score (nSPS) is 17.5. The number of alkyl halides is 5. The Labute approximate surface area is 299 Å². The van der Waals surface area contributed by atoms with Gasteiger partial charge in [-0.15, -0.1) is 0 Å². The fourth-order valence-corrected chi connectivity index (χ4v) is 5.39. The standard InChI is InChI=1S/C14H19FN2O6S.2C8H15BrFNO/c1-4-14(10(2)13(15)9-16-22-3)23-24(20,21)12-7-5-11(6-8-12)17(18)19;2*1-4-7(9)6(2)8(10)5-11-12-3/h5-10,13-14H,4H2,1-3H3;2*5-8H,4H2,1-3H3/t10-,13+,14+;6-,7+,8-;6-,7-,8-/m011/s1. The number of nitrogens with zero attached hydrogens (tertiary/aromatic N) is 4. The minimum absolute atomic E-state index is 0.0751. The fourth-order valence-electron chi connectivity index (χ4n) is 3.59. The number of rotatable bonds is 19. The van der Waals surface area contributed by atoms with Gasteiger partial charge in [0.25, 0.3) is 15.8 Å². The molecule has 18 heteroatoms. The van der Waals surface area contributed by atoms with E-state index in [1.165, 1.54) is 40.7 Å². The Morgan fingerprint density at radius 1 is 0.750 bits per heavy atom. The van der Waals surface area contributed by atoms with Crippen LogP contribution in [0.3, 0.4) is 0 Å². The van der Waals surface area contributed by atoms with Gasteiger partial charge in [0.2, 0.25) is 0 Å². The van der Waals surface area contributed by atoms with Crippen LogP contribution in [0.4, 0.5) is 18.9 Å². The van der Waals surface area contributed by atoms with Crippen molar-refractivity contribution in [1.82, 2.24) is 0 Å². The van der Waals surface area contributed by atoms with Gasteiger partial charge in [-0.3, -0.25) is 14.3 Å². The Hall–Kier alpha value is -2.31. The van der Waals surface area contributed by atoms with Crippen molar-refractivity contribution >= 4 is 66.3 Å². The second-order valence-corrected chi connectivity index (χ2v) is 14.2. The zero-order valence-corrected chi connectivity index (χ0v) is 32.7. The first-order valence-electron chi connectivity index (χ1n) is 15.1. The van der Waals surface area contributed by atoms with Gasteiger partial charge in [0.05, 0.1) is 34.6 Å². The number of hydrogen-bond donors (Lipinski definition) is 0. The van der Waals surface area contributed by atoms with Gasteiger partial charge in [-0.1, -0.05) is 88.9 Å². The third-order valence-corrected chi connectivity index (χ3v) is 11.2. The van der Waals surface area contributed by atoms with Gasteiger partial charge in [0.15, 0.2) is 0 Å². The fraction of sp³-hybridized carbons (Fsp3) is 0.700. The minimum atomic E-state index is -4.18. The zero-order valence-electron chi connectivity index (χ0n) is 28.7. The van der Waals surface area contributed by atoms with E-state index in [1.54, 1.807) is 6.92 Å². The lowest BCUT2D eigenvalue weighted by molar-refractivity contribution is -0.384.